The van der Waals surface area contributed by atoms with E-state index in [0.29, 0.717) is 36.0 Å². The van der Waals surface area contributed by atoms with Crippen LogP contribution in [-0.4, -0.2) is 28.8 Å². The van der Waals surface area contributed by atoms with E-state index >= 15 is 0 Å². The number of ketones is 1. The summed E-state index contributed by atoms with van der Waals surface area (Å²) in [7, 11) is 0. The molecule has 1 aliphatic carbocycles. The Morgan fingerprint density at radius 2 is 1.78 bits per heavy atom. The second-order valence-corrected chi connectivity index (χ2v) is 6.93. The topological polar surface area (TPSA) is 57.5 Å². The van der Waals surface area contributed by atoms with E-state index in [9.17, 15) is 23.1 Å². The fourth-order valence-corrected chi connectivity index (χ4v) is 3.78. The van der Waals surface area contributed by atoms with Gasteiger partial charge in [0, 0.05) is 29.7 Å². The third-order valence-corrected chi connectivity index (χ3v) is 5.11. The summed E-state index contributed by atoms with van der Waals surface area (Å²) in [6.07, 6.45) is -2.91. The summed E-state index contributed by atoms with van der Waals surface area (Å²) in [5, 5.41) is 19.5. The molecular formula is C21H21F3O3. The van der Waals surface area contributed by atoms with Crippen molar-refractivity contribution in [3.8, 4) is 11.1 Å². The van der Waals surface area contributed by atoms with Crippen molar-refractivity contribution in [3.05, 3.63) is 58.7 Å². The number of carbonyl (C=O) groups is 1. The Morgan fingerprint density at radius 3 is 2.44 bits per heavy atom. The van der Waals surface area contributed by atoms with Gasteiger partial charge in [0.15, 0.2) is 5.78 Å². The van der Waals surface area contributed by atoms with E-state index in [0.717, 1.165) is 0 Å². The summed E-state index contributed by atoms with van der Waals surface area (Å²) in [6, 6.07) is 8.70. The number of alkyl halides is 3. The Bertz CT molecular complexity index is 873. The van der Waals surface area contributed by atoms with Crippen LogP contribution >= 0.6 is 0 Å². The molecule has 0 heterocycles. The number of hydrogen-bond acceptors (Lipinski definition) is 3. The lowest BCUT2D eigenvalue weighted by Gasteiger charge is -2.28. The number of aliphatic hydroxyl groups is 2. The molecule has 2 aromatic rings. The molecule has 0 aliphatic heterocycles. The molecule has 6 heteroatoms. The largest absolute Gasteiger partial charge is 0.425 e. The maximum absolute atomic E-state index is 13.9. The SMILES string of the molecule is Cc1cc(C(=O)CCCCCO)cc2c1-c1ccccc1C2(O)C(F)(F)F. The minimum Gasteiger partial charge on any atom is -0.396 e. The van der Waals surface area contributed by atoms with E-state index in [4.69, 9.17) is 5.11 Å². The minimum atomic E-state index is -4.91. The van der Waals surface area contributed by atoms with E-state index in [1.807, 2.05) is 0 Å². The van der Waals surface area contributed by atoms with Crippen molar-refractivity contribution in [2.75, 3.05) is 6.61 Å². The van der Waals surface area contributed by atoms with Gasteiger partial charge in [-0.3, -0.25) is 4.79 Å². The second kappa shape index (κ2) is 7.09. The molecule has 0 fully saturated rings. The summed E-state index contributed by atoms with van der Waals surface area (Å²) in [6.45, 7) is 1.70. The van der Waals surface area contributed by atoms with Crippen molar-refractivity contribution in [2.45, 2.75) is 44.4 Å². The van der Waals surface area contributed by atoms with E-state index < -0.39 is 11.8 Å². The molecule has 27 heavy (non-hydrogen) atoms. The molecule has 0 saturated carbocycles. The molecule has 144 valence electrons. The molecule has 0 radical (unpaired) electrons. The standard InChI is InChI=1S/C21H21F3O3/c1-13-11-14(18(26)9-3-2-6-10-25)12-17-19(13)15-7-4-5-8-16(15)20(17,27)21(22,23)24/h4-5,7-8,11-12,25,27H,2-3,6,9-10H2,1H3. The van der Waals surface area contributed by atoms with Crippen LogP contribution in [0.5, 0.6) is 0 Å². The average Bonchev–Trinajstić information content (AvgIpc) is 2.89. The van der Waals surface area contributed by atoms with Crippen molar-refractivity contribution in [2.24, 2.45) is 0 Å². The molecule has 3 rings (SSSR count). The third kappa shape index (κ3) is 3.17. The lowest BCUT2D eigenvalue weighted by atomic mass is 9.88. The first-order chi connectivity index (χ1) is 12.7. The predicted octanol–water partition coefficient (Wildman–Crippen LogP) is 4.51. The monoisotopic (exact) mass is 378 g/mol. The highest BCUT2D eigenvalue weighted by atomic mass is 19.4. The van der Waals surface area contributed by atoms with Gasteiger partial charge < -0.3 is 10.2 Å². The highest BCUT2D eigenvalue weighted by Gasteiger charge is 2.61. The van der Waals surface area contributed by atoms with E-state index in [-0.39, 0.29) is 35.5 Å². The van der Waals surface area contributed by atoms with Gasteiger partial charge in [0.1, 0.15) is 0 Å². The molecule has 0 saturated heterocycles. The summed E-state index contributed by atoms with van der Waals surface area (Å²) in [5.74, 6) is -0.265. The van der Waals surface area contributed by atoms with Crippen LogP contribution < -0.4 is 0 Å². The Morgan fingerprint density at radius 1 is 1.07 bits per heavy atom. The van der Waals surface area contributed by atoms with Crippen molar-refractivity contribution in [3.63, 3.8) is 0 Å². The fraction of sp³-hybridized carbons (Fsp3) is 0.381. The Labute approximate surface area is 155 Å². The Hall–Kier alpha value is -2.18. The van der Waals surface area contributed by atoms with E-state index in [2.05, 4.69) is 0 Å². The van der Waals surface area contributed by atoms with Crippen LogP contribution in [0.3, 0.4) is 0 Å². The molecule has 1 aliphatic rings. The van der Waals surface area contributed by atoms with Crippen molar-refractivity contribution < 1.29 is 28.2 Å². The number of aryl methyl sites for hydroxylation is 1. The summed E-state index contributed by atoms with van der Waals surface area (Å²) in [4.78, 5) is 12.5. The first kappa shape index (κ1) is 19.6. The van der Waals surface area contributed by atoms with Crippen LogP contribution in [0.15, 0.2) is 36.4 Å². The molecular weight excluding hydrogens is 357 g/mol. The van der Waals surface area contributed by atoms with Crippen molar-refractivity contribution in [1.82, 2.24) is 0 Å². The van der Waals surface area contributed by atoms with Crippen LogP contribution in [0, 0.1) is 6.92 Å². The number of unbranched alkanes of at least 4 members (excludes halogenated alkanes) is 2. The van der Waals surface area contributed by atoms with Gasteiger partial charge in [0.05, 0.1) is 0 Å². The molecule has 1 atom stereocenters. The Kier molecular flexibility index (Phi) is 5.14. The van der Waals surface area contributed by atoms with Gasteiger partial charge in [-0.15, -0.1) is 0 Å². The molecule has 1 unspecified atom stereocenters. The fourth-order valence-electron chi connectivity index (χ4n) is 3.78. The van der Waals surface area contributed by atoms with E-state index in [1.165, 1.54) is 18.2 Å². The molecule has 3 nitrogen and oxygen atoms in total. The summed E-state index contributed by atoms with van der Waals surface area (Å²) < 4.78 is 41.7. The minimum absolute atomic E-state index is 0.0447. The maximum Gasteiger partial charge on any atom is 0.425 e. The van der Waals surface area contributed by atoms with Gasteiger partial charge in [-0.2, -0.15) is 13.2 Å². The van der Waals surface area contributed by atoms with Crippen LogP contribution in [-0.2, 0) is 5.60 Å². The first-order valence-corrected chi connectivity index (χ1v) is 8.90. The number of carbonyl (C=O) groups excluding carboxylic acids is 1. The van der Waals surface area contributed by atoms with Crippen molar-refractivity contribution in [1.29, 1.82) is 0 Å². The number of hydrogen-bond donors (Lipinski definition) is 2. The molecule has 0 aromatic heterocycles. The predicted molar refractivity (Wildman–Crippen MR) is 95.6 cm³/mol. The zero-order valence-electron chi connectivity index (χ0n) is 14.9. The summed E-state index contributed by atoms with van der Waals surface area (Å²) >= 11 is 0. The van der Waals surface area contributed by atoms with Crippen LogP contribution in [0.4, 0.5) is 13.2 Å². The number of fused-ring (bicyclic) bond motifs is 3. The highest BCUT2D eigenvalue weighted by molar-refractivity contribution is 5.98. The van der Waals surface area contributed by atoms with Crippen LogP contribution in [0.2, 0.25) is 0 Å². The zero-order chi connectivity index (χ0) is 19.8. The van der Waals surface area contributed by atoms with Gasteiger partial charge in [-0.1, -0.05) is 30.7 Å². The maximum atomic E-state index is 13.9. The van der Waals surface area contributed by atoms with Gasteiger partial charge in [-0.05, 0) is 48.6 Å². The van der Waals surface area contributed by atoms with Gasteiger partial charge in [0.2, 0.25) is 5.60 Å². The molecule has 2 aromatic carbocycles. The lowest BCUT2D eigenvalue weighted by molar-refractivity contribution is -0.246. The average molecular weight is 378 g/mol. The normalized spacial score (nSPS) is 18.3. The smallest absolute Gasteiger partial charge is 0.396 e. The number of aliphatic hydroxyl groups excluding tert-OH is 1. The Balaban J connectivity index is 2.07. The lowest BCUT2D eigenvalue weighted by Crippen LogP contribution is -2.41. The first-order valence-electron chi connectivity index (χ1n) is 8.90. The zero-order valence-corrected chi connectivity index (χ0v) is 14.9. The van der Waals surface area contributed by atoms with Gasteiger partial charge in [-0.25, -0.2) is 0 Å². The number of Topliss-reactive ketones (excluding diaryl/α,β-unsaturated/α-hetero) is 1. The van der Waals surface area contributed by atoms with Crippen LogP contribution in [0.25, 0.3) is 11.1 Å². The van der Waals surface area contributed by atoms with E-state index in [1.54, 1.807) is 25.1 Å². The number of halogens is 3. The molecule has 2 N–H and O–H groups in total. The number of rotatable bonds is 6. The van der Waals surface area contributed by atoms with Gasteiger partial charge >= 0.3 is 6.18 Å². The van der Waals surface area contributed by atoms with Gasteiger partial charge in [0.25, 0.3) is 0 Å². The second-order valence-electron chi connectivity index (χ2n) is 6.93. The molecule has 0 spiro atoms. The third-order valence-electron chi connectivity index (χ3n) is 5.11. The highest BCUT2D eigenvalue weighted by Crippen LogP contribution is 2.55. The van der Waals surface area contributed by atoms with Crippen molar-refractivity contribution >= 4 is 5.78 Å². The van der Waals surface area contributed by atoms with Crippen LogP contribution in [0.1, 0.15) is 52.7 Å². The summed E-state index contributed by atoms with van der Waals surface area (Å²) in [5.41, 5.74) is -2.24. The number of benzene rings is 2. The molecule has 0 bridgehead atoms. The molecule has 0 amide bonds. The quantitative estimate of drug-likeness (QED) is 0.574.